The molecule has 3 aromatic rings. The molecular weight excluding hydrogens is 282 g/mol. The summed E-state index contributed by atoms with van der Waals surface area (Å²) >= 11 is 0. The predicted octanol–water partition coefficient (Wildman–Crippen LogP) is 5.41. The lowest BCUT2D eigenvalue weighted by atomic mass is 9.96. The van der Waals surface area contributed by atoms with E-state index in [1.807, 2.05) is 42.5 Å². The van der Waals surface area contributed by atoms with Crippen molar-refractivity contribution < 1.29 is 0 Å². The number of hydrogen-bond donors (Lipinski definition) is 0. The molecule has 4 rings (SSSR count). The van der Waals surface area contributed by atoms with Crippen LogP contribution < -0.4 is 0 Å². The van der Waals surface area contributed by atoms with E-state index in [0.717, 1.165) is 27.9 Å². The van der Waals surface area contributed by atoms with E-state index in [4.69, 9.17) is 5.26 Å². The summed E-state index contributed by atoms with van der Waals surface area (Å²) in [4.78, 5) is 0. The average Bonchev–Trinajstić information content (AvgIpc) is 3.06. The minimum atomic E-state index is -0.0225. The van der Waals surface area contributed by atoms with E-state index in [2.05, 4.69) is 46.6 Å². The predicted molar refractivity (Wildman–Crippen MR) is 89.4 cm³/mol. The van der Waals surface area contributed by atoms with Crippen LogP contribution in [0.3, 0.4) is 0 Å². The van der Waals surface area contributed by atoms with Gasteiger partial charge in [0.25, 0.3) is 0 Å². The van der Waals surface area contributed by atoms with E-state index in [0.29, 0.717) is 5.56 Å². The monoisotopic (exact) mass is 295 g/mol. The third-order valence-electron chi connectivity index (χ3n) is 4.06. The lowest BCUT2D eigenvalue weighted by molar-refractivity contribution is 0.862. The molecule has 23 heavy (non-hydrogen) atoms. The van der Waals surface area contributed by atoms with E-state index < -0.39 is 0 Å². The SMILES string of the molecule is N#Cc1cccc(-c2ccc(C3N=Nc4ccccc43)cc2)c1. The van der Waals surface area contributed by atoms with Gasteiger partial charge in [0, 0.05) is 5.56 Å². The Kier molecular flexibility index (Phi) is 3.21. The van der Waals surface area contributed by atoms with Crippen LogP contribution in [0.1, 0.15) is 22.7 Å². The first kappa shape index (κ1) is 13.4. The maximum atomic E-state index is 9.02. The number of fused-ring (bicyclic) bond motifs is 1. The van der Waals surface area contributed by atoms with Crippen molar-refractivity contribution in [1.82, 2.24) is 0 Å². The van der Waals surface area contributed by atoms with Crippen molar-refractivity contribution in [2.24, 2.45) is 10.2 Å². The topological polar surface area (TPSA) is 48.5 Å². The van der Waals surface area contributed by atoms with Crippen LogP contribution in [0.2, 0.25) is 0 Å². The Morgan fingerprint density at radius 3 is 2.48 bits per heavy atom. The van der Waals surface area contributed by atoms with Crippen LogP contribution in [0.4, 0.5) is 5.69 Å². The summed E-state index contributed by atoms with van der Waals surface area (Å²) in [5.74, 6) is 0. The second-order valence-corrected chi connectivity index (χ2v) is 5.49. The summed E-state index contributed by atoms with van der Waals surface area (Å²) in [5.41, 5.74) is 6.03. The van der Waals surface area contributed by atoms with Crippen molar-refractivity contribution >= 4 is 5.69 Å². The molecule has 1 atom stereocenters. The van der Waals surface area contributed by atoms with Gasteiger partial charge in [-0.05, 0) is 34.9 Å². The Labute approximate surface area is 134 Å². The summed E-state index contributed by atoms with van der Waals surface area (Å²) in [6.07, 6.45) is 0. The molecule has 108 valence electrons. The molecule has 0 bridgehead atoms. The molecule has 3 nitrogen and oxygen atoms in total. The standard InChI is InChI=1S/C20H13N3/c21-13-14-4-3-5-17(12-14)15-8-10-16(11-9-15)20-18-6-1-2-7-19(18)22-23-20/h1-12,20H. The van der Waals surface area contributed by atoms with Gasteiger partial charge in [-0.3, -0.25) is 0 Å². The minimum Gasteiger partial charge on any atom is -0.192 e. The fraction of sp³-hybridized carbons (Fsp3) is 0.0500. The van der Waals surface area contributed by atoms with E-state index in [1.165, 1.54) is 0 Å². The third kappa shape index (κ3) is 2.41. The van der Waals surface area contributed by atoms with Gasteiger partial charge in [-0.25, -0.2) is 0 Å². The maximum Gasteiger partial charge on any atom is 0.123 e. The molecule has 0 fully saturated rings. The minimum absolute atomic E-state index is 0.0225. The first-order chi connectivity index (χ1) is 11.3. The largest absolute Gasteiger partial charge is 0.192 e. The highest BCUT2D eigenvalue weighted by Crippen LogP contribution is 2.39. The molecule has 0 radical (unpaired) electrons. The van der Waals surface area contributed by atoms with Crippen molar-refractivity contribution in [3.63, 3.8) is 0 Å². The van der Waals surface area contributed by atoms with Crippen molar-refractivity contribution in [2.45, 2.75) is 6.04 Å². The fourth-order valence-electron chi connectivity index (χ4n) is 2.86. The van der Waals surface area contributed by atoms with Crippen molar-refractivity contribution in [2.75, 3.05) is 0 Å². The van der Waals surface area contributed by atoms with Gasteiger partial charge in [-0.1, -0.05) is 54.6 Å². The van der Waals surface area contributed by atoms with Crippen LogP contribution in [-0.2, 0) is 0 Å². The Balaban J connectivity index is 1.67. The molecule has 1 heterocycles. The maximum absolute atomic E-state index is 9.02. The van der Waals surface area contributed by atoms with Crippen molar-refractivity contribution in [3.05, 3.63) is 89.5 Å². The van der Waals surface area contributed by atoms with Gasteiger partial charge in [0.1, 0.15) is 6.04 Å². The zero-order valence-corrected chi connectivity index (χ0v) is 12.3. The quantitative estimate of drug-likeness (QED) is 0.623. The molecule has 0 aliphatic carbocycles. The second-order valence-electron chi connectivity index (χ2n) is 5.49. The van der Waals surface area contributed by atoms with Gasteiger partial charge < -0.3 is 0 Å². The molecular formula is C20H13N3. The molecule has 0 saturated heterocycles. The zero-order valence-electron chi connectivity index (χ0n) is 12.3. The molecule has 0 saturated carbocycles. The molecule has 0 N–H and O–H groups in total. The first-order valence-electron chi connectivity index (χ1n) is 7.45. The third-order valence-corrected chi connectivity index (χ3v) is 4.06. The number of benzene rings is 3. The normalized spacial score (nSPS) is 15.2. The van der Waals surface area contributed by atoms with Crippen molar-refractivity contribution in [3.8, 4) is 17.2 Å². The summed E-state index contributed by atoms with van der Waals surface area (Å²) in [5, 5.41) is 17.7. The Morgan fingerprint density at radius 2 is 1.65 bits per heavy atom. The van der Waals surface area contributed by atoms with Crippen LogP contribution in [0.25, 0.3) is 11.1 Å². The van der Waals surface area contributed by atoms with Crippen LogP contribution in [0.5, 0.6) is 0 Å². The fourth-order valence-corrected chi connectivity index (χ4v) is 2.86. The second kappa shape index (κ2) is 5.51. The average molecular weight is 295 g/mol. The number of nitriles is 1. The van der Waals surface area contributed by atoms with Gasteiger partial charge in [0.15, 0.2) is 0 Å². The highest BCUT2D eigenvalue weighted by atomic mass is 15.2. The Morgan fingerprint density at radius 1 is 0.826 bits per heavy atom. The molecule has 3 aromatic carbocycles. The van der Waals surface area contributed by atoms with Gasteiger partial charge >= 0.3 is 0 Å². The number of nitrogens with zero attached hydrogens (tertiary/aromatic N) is 3. The number of hydrogen-bond acceptors (Lipinski definition) is 3. The van der Waals surface area contributed by atoms with Gasteiger partial charge in [0.05, 0.1) is 17.3 Å². The number of rotatable bonds is 2. The Hall–Kier alpha value is -3.25. The van der Waals surface area contributed by atoms with Crippen molar-refractivity contribution in [1.29, 1.82) is 5.26 Å². The highest BCUT2D eigenvalue weighted by Gasteiger charge is 2.21. The molecule has 1 aliphatic heterocycles. The molecule has 1 unspecified atom stereocenters. The van der Waals surface area contributed by atoms with E-state index in [9.17, 15) is 0 Å². The Bertz CT molecular complexity index is 934. The van der Waals surface area contributed by atoms with Crippen LogP contribution in [-0.4, -0.2) is 0 Å². The van der Waals surface area contributed by atoms with Crippen LogP contribution in [0, 0.1) is 11.3 Å². The van der Waals surface area contributed by atoms with E-state index >= 15 is 0 Å². The molecule has 0 spiro atoms. The summed E-state index contributed by atoms with van der Waals surface area (Å²) in [6, 6.07) is 26.2. The highest BCUT2D eigenvalue weighted by molar-refractivity contribution is 5.66. The summed E-state index contributed by atoms with van der Waals surface area (Å²) in [6.45, 7) is 0. The van der Waals surface area contributed by atoms with E-state index in [-0.39, 0.29) is 6.04 Å². The van der Waals surface area contributed by atoms with E-state index in [1.54, 1.807) is 0 Å². The first-order valence-corrected chi connectivity index (χ1v) is 7.45. The van der Waals surface area contributed by atoms with Crippen LogP contribution in [0.15, 0.2) is 83.0 Å². The molecule has 1 aliphatic rings. The summed E-state index contributed by atoms with van der Waals surface area (Å²) < 4.78 is 0. The summed E-state index contributed by atoms with van der Waals surface area (Å²) in [7, 11) is 0. The van der Waals surface area contributed by atoms with Gasteiger partial charge in [0.2, 0.25) is 0 Å². The smallest absolute Gasteiger partial charge is 0.123 e. The number of azo groups is 1. The van der Waals surface area contributed by atoms with Gasteiger partial charge in [-0.2, -0.15) is 15.5 Å². The lowest BCUT2D eigenvalue weighted by Crippen LogP contribution is -1.94. The van der Waals surface area contributed by atoms with Gasteiger partial charge in [-0.15, -0.1) is 0 Å². The molecule has 0 aromatic heterocycles. The van der Waals surface area contributed by atoms with Crippen LogP contribution >= 0.6 is 0 Å². The lowest BCUT2D eigenvalue weighted by Gasteiger charge is -2.09. The molecule has 3 heteroatoms. The zero-order chi connectivity index (χ0) is 15.6. The molecule has 0 amide bonds.